The summed E-state index contributed by atoms with van der Waals surface area (Å²) in [4.78, 5) is 21.1. The number of nitrogens with zero attached hydrogens (tertiary/aromatic N) is 1. The molecule has 13 heavy (non-hydrogen) atoms. The fourth-order valence-electron chi connectivity index (χ4n) is 0.695. The van der Waals surface area contributed by atoms with E-state index in [1.165, 1.54) is 6.92 Å². The molecule has 0 aromatic carbocycles. The van der Waals surface area contributed by atoms with E-state index in [1.807, 2.05) is 0 Å². The highest BCUT2D eigenvalue weighted by molar-refractivity contribution is 5.86. The van der Waals surface area contributed by atoms with E-state index in [4.69, 9.17) is 0 Å². The summed E-state index contributed by atoms with van der Waals surface area (Å²) >= 11 is 0. The molecule has 0 aliphatic rings. The van der Waals surface area contributed by atoms with E-state index in [0.717, 1.165) is 0 Å². The van der Waals surface area contributed by atoms with Crippen molar-refractivity contribution in [3.8, 4) is 0 Å². The molecule has 0 bridgehead atoms. The lowest BCUT2D eigenvalue weighted by Gasteiger charge is -2.19. The molecule has 0 fully saturated rings. The lowest BCUT2D eigenvalue weighted by atomic mass is 10.4. The molecule has 0 saturated carbocycles. The van der Waals surface area contributed by atoms with Crippen molar-refractivity contribution in [2.24, 2.45) is 5.73 Å². The van der Waals surface area contributed by atoms with Crippen molar-refractivity contribution in [3.63, 3.8) is 0 Å². The van der Waals surface area contributed by atoms with E-state index in [1.54, 1.807) is 0 Å². The fourth-order valence-corrected chi connectivity index (χ4v) is 0.695. The minimum Gasteiger partial charge on any atom is -0.368 e. The summed E-state index contributed by atoms with van der Waals surface area (Å²) in [6.45, 7) is 0.405. The van der Waals surface area contributed by atoms with Crippen LogP contribution in [0, 0.1) is 0 Å². The zero-order valence-electron chi connectivity index (χ0n) is 6.89. The Morgan fingerprint density at radius 1 is 1.38 bits per heavy atom. The summed E-state index contributed by atoms with van der Waals surface area (Å²) in [6.07, 6.45) is -4.95. The monoisotopic (exact) mass is 198 g/mol. The van der Waals surface area contributed by atoms with E-state index >= 15 is 0 Å². The molecule has 4 nitrogen and oxygen atoms in total. The summed E-state index contributed by atoms with van der Waals surface area (Å²) in [7, 11) is 0. The zero-order valence-corrected chi connectivity index (χ0v) is 6.89. The third-order valence-corrected chi connectivity index (χ3v) is 1.26. The second-order valence-corrected chi connectivity index (χ2v) is 2.28. The topological polar surface area (TPSA) is 63.4 Å². The third kappa shape index (κ3) is 3.77. The summed E-state index contributed by atoms with van der Waals surface area (Å²) in [5.74, 6) is -3.02. The van der Waals surface area contributed by atoms with Crippen LogP contribution in [-0.2, 0) is 9.59 Å². The highest BCUT2D eigenvalue weighted by Gasteiger charge is 2.42. The number of carbonyl (C=O) groups is 2. The second kappa shape index (κ2) is 4.11. The molecule has 2 amide bonds. The van der Waals surface area contributed by atoms with Crippen molar-refractivity contribution in [2.45, 2.75) is 13.1 Å². The average molecular weight is 198 g/mol. The maximum Gasteiger partial charge on any atom is 0.471 e. The summed E-state index contributed by atoms with van der Waals surface area (Å²) in [6, 6.07) is 0. The van der Waals surface area contributed by atoms with Gasteiger partial charge in [-0.05, 0) is 6.92 Å². The molecule has 0 atom stereocenters. The number of primary amides is 1. The highest BCUT2D eigenvalue weighted by atomic mass is 19.4. The van der Waals surface area contributed by atoms with Gasteiger partial charge in [0.15, 0.2) is 0 Å². The van der Waals surface area contributed by atoms with Crippen LogP contribution in [0.4, 0.5) is 13.2 Å². The number of rotatable bonds is 3. The van der Waals surface area contributed by atoms with Crippen LogP contribution in [0.3, 0.4) is 0 Å². The molecule has 0 heterocycles. The third-order valence-electron chi connectivity index (χ3n) is 1.26. The predicted octanol–water partition coefficient (Wildman–Crippen LogP) is -0.118. The van der Waals surface area contributed by atoms with Crippen molar-refractivity contribution in [1.82, 2.24) is 4.90 Å². The van der Waals surface area contributed by atoms with E-state index in [0.29, 0.717) is 4.90 Å². The Bertz CT molecular complexity index is 214. The van der Waals surface area contributed by atoms with Crippen LogP contribution in [0.2, 0.25) is 0 Å². The molecular weight excluding hydrogens is 189 g/mol. The number of amides is 2. The predicted molar refractivity (Wildman–Crippen MR) is 37.5 cm³/mol. The maximum absolute atomic E-state index is 11.8. The molecule has 0 unspecified atom stereocenters. The highest BCUT2D eigenvalue weighted by Crippen LogP contribution is 2.17. The average Bonchev–Trinajstić information content (AvgIpc) is 1.96. The minimum atomic E-state index is -4.95. The zero-order chi connectivity index (χ0) is 10.6. The largest absolute Gasteiger partial charge is 0.471 e. The van der Waals surface area contributed by atoms with Gasteiger partial charge in [-0.1, -0.05) is 0 Å². The lowest BCUT2D eigenvalue weighted by Crippen LogP contribution is -2.45. The van der Waals surface area contributed by atoms with Crippen LogP contribution in [0.1, 0.15) is 6.92 Å². The summed E-state index contributed by atoms with van der Waals surface area (Å²) < 4.78 is 35.4. The molecular formula is C6H9F3N2O2. The van der Waals surface area contributed by atoms with Gasteiger partial charge in [-0.2, -0.15) is 13.2 Å². The first kappa shape index (κ1) is 11.7. The van der Waals surface area contributed by atoms with Gasteiger partial charge in [0.05, 0.1) is 6.54 Å². The van der Waals surface area contributed by atoms with E-state index in [-0.39, 0.29) is 6.54 Å². The number of carbonyl (C=O) groups excluding carboxylic acids is 2. The molecule has 2 N–H and O–H groups in total. The molecule has 0 aromatic heterocycles. The van der Waals surface area contributed by atoms with Gasteiger partial charge in [-0.25, -0.2) is 0 Å². The number of hydrogen-bond donors (Lipinski definition) is 1. The van der Waals surface area contributed by atoms with Crippen LogP contribution >= 0.6 is 0 Å². The molecule has 0 radical (unpaired) electrons. The Labute approximate surface area is 72.5 Å². The van der Waals surface area contributed by atoms with Crippen LogP contribution in [0.25, 0.3) is 0 Å². The van der Waals surface area contributed by atoms with Crippen LogP contribution < -0.4 is 5.73 Å². The molecule has 0 saturated heterocycles. The van der Waals surface area contributed by atoms with Gasteiger partial charge in [0.2, 0.25) is 5.91 Å². The molecule has 0 aromatic rings. The van der Waals surface area contributed by atoms with Crippen LogP contribution in [0.5, 0.6) is 0 Å². The van der Waals surface area contributed by atoms with E-state index in [2.05, 4.69) is 5.73 Å². The molecule has 0 rings (SSSR count). The van der Waals surface area contributed by atoms with Crippen molar-refractivity contribution in [3.05, 3.63) is 0 Å². The molecule has 0 aliphatic heterocycles. The van der Waals surface area contributed by atoms with Gasteiger partial charge < -0.3 is 10.6 Å². The Balaban J connectivity index is 4.41. The van der Waals surface area contributed by atoms with Gasteiger partial charge in [0.1, 0.15) is 0 Å². The number of halogens is 3. The van der Waals surface area contributed by atoms with Gasteiger partial charge in [0.25, 0.3) is 0 Å². The molecule has 0 aliphatic carbocycles. The normalized spacial score (nSPS) is 11.1. The minimum absolute atomic E-state index is 0.207. The molecule has 76 valence electrons. The smallest absolute Gasteiger partial charge is 0.368 e. The van der Waals surface area contributed by atoms with Crippen molar-refractivity contribution in [1.29, 1.82) is 0 Å². The van der Waals surface area contributed by atoms with Crippen LogP contribution in [-0.4, -0.2) is 36.0 Å². The Kier molecular flexibility index (Phi) is 3.70. The first-order valence-corrected chi connectivity index (χ1v) is 3.43. The quantitative estimate of drug-likeness (QED) is 0.687. The van der Waals surface area contributed by atoms with Crippen molar-refractivity contribution >= 4 is 11.8 Å². The SMILES string of the molecule is CCN(CC(N)=O)C(=O)C(F)(F)F. The van der Waals surface area contributed by atoms with Gasteiger partial charge >= 0.3 is 12.1 Å². The first-order valence-electron chi connectivity index (χ1n) is 3.43. The van der Waals surface area contributed by atoms with Gasteiger partial charge in [-0.15, -0.1) is 0 Å². The van der Waals surface area contributed by atoms with E-state index in [9.17, 15) is 22.8 Å². The van der Waals surface area contributed by atoms with Gasteiger partial charge in [0, 0.05) is 6.54 Å². The molecule has 0 spiro atoms. The van der Waals surface area contributed by atoms with Crippen molar-refractivity contribution in [2.75, 3.05) is 13.1 Å². The van der Waals surface area contributed by atoms with Crippen molar-refractivity contribution < 1.29 is 22.8 Å². The van der Waals surface area contributed by atoms with E-state index < -0.39 is 24.5 Å². The number of nitrogens with two attached hydrogens (primary N) is 1. The second-order valence-electron chi connectivity index (χ2n) is 2.28. The lowest BCUT2D eigenvalue weighted by molar-refractivity contribution is -0.185. The van der Waals surface area contributed by atoms with Gasteiger partial charge in [-0.3, -0.25) is 9.59 Å². The number of alkyl halides is 3. The molecule has 7 heteroatoms. The summed E-state index contributed by atoms with van der Waals surface area (Å²) in [5, 5.41) is 0. The summed E-state index contributed by atoms with van der Waals surface area (Å²) in [5.41, 5.74) is 4.65. The maximum atomic E-state index is 11.8. The number of likely N-dealkylation sites (N-methyl/N-ethyl adjacent to an activating group) is 1. The Morgan fingerprint density at radius 3 is 2.08 bits per heavy atom. The van der Waals surface area contributed by atoms with Crippen LogP contribution in [0.15, 0.2) is 0 Å². The standard InChI is InChI=1S/C6H9F3N2O2/c1-2-11(3-4(10)12)5(13)6(7,8)9/h2-3H2,1H3,(H2,10,12). The Hall–Kier alpha value is -1.27. The number of hydrogen-bond acceptors (Lipinski definition) is 2. The first-order chi connectivity index (χ1) is 5.79. The fraction of sp³-hybridized carbons (Fsp3) is 0.667. The Morgan fingerprint density at radius 2 is 1.85 bits per heavy atom.